The van der Waals surface area contributed by atoms with Crippen LogP contribution in [0.3, 0.4) is 0 Å². The highest BCUT2D eigenvalue weighted by atomic mass is 35.5. The molecule has 3 N–H and O–H groups in total. The minimum Gasteiger partial charge on any atom is -0.505 e. The second-order valence-electron chi connectivity index (χ2n) is 6.83. The van der Waals surface area contributed by atoms with Crippen LogP contribution in [0, 0.1) is 0 Å². The van der Waals surface area contributed by atoms with Gasteiger partial charge in [0, 0.05) is 17.7 Å². The number of amides is 1. The van der Waals surface area contributed by atoms with Gasteiger partial charge < -0.3 is 20.5 Å². The molecule has 31 heavy (non-hydrogen) atoms. The average molecular weight is 477 g/mol. The second-order valence-corrected chi connectivity index (χ2v) is 7.64. The summed E-state index contributed by atoms with van der Waals surface area (Å²) < 4.78 is 43.4. The SMILES string of the molecule is O=C(c1cc(Cl)c(O)c(Cl)c1)c1cccc(CNC(=O)C2CCCN2)c1OC(F)(F)F. The number of nitrogens with one attached hydrogen (secondary N) is 2. The Morgan fingerprint density at radius 2 is 1.90 bits per heavy atom. The van der Waals surface area contributed by atoms with Crippen LogP contribution < -0.4 is 15.4 Å². The van der Waals surface area contributed by atoms with Crippen molar-refractivity contribution in [3.8, 4) is 11.5 Å². The third kappa shape index (κ3) is 5.61. The van der Waals surface area contributed by atoms with Crippen LogP contribution in [0.1, 0.15) is 34.3 Å². The minimum absolute atomic E-state index is 0.0366. The normalized spacial score (nSPS) is 16.2. The van der Waals surface area contributed by atoms with Crippen LogP contribution in [0.15, 0.2) is 30.3 Å². The van der Waals surface area contributed by atoms with E-state index in [0.717, 1.165) is 24.6 Å². The number of alkyl halides is 3. The monoisotopic (exact) mass is 476 g/mol. The maximum atomic E-state index is 13.1. The highest BCUT2D eigenvalue weighted by molar-refractivity contribution is 6.37. The number of benzene rings is 2. The van der Waals surface area contributed by atoms with Crippen LogP contribution in [0.4, 0.5) is 13.2 Å². The molecule has 1 fully saturated rings. The summed E-state index contributed by atoms with van der Waals surface area (Å²) in [4.78, 5) is 25.1. The number of phenols is 1. The molecule has 1 aliphatic rings. The lowest BCUT2D eigenvalue weighted by Gasteiger charge is -2.18. The summed E-state index contributed by atoms with van der Waals surface area (Å²) in [6.45, 7) is 0.406. The van der Waals surface area contributed by atoms with E-state index in [2.05, 4.69) is 15.4 Å². The molecule has 0 bridgehead atoms. The molecule has 0 aliphatic carbocycles. The van der Waals surface area contributed by atoms with Crippen LogP contribution in [0.2, 0.25) is 10.0 Å². The van der Waals surface area contributed by atoms with Gasteiger partial charge in [-0.1, -0.05) is 35.3 Å². The Kier molecular flexibility index (Phi) is 6.98. The number of hydrogen-bond acceptors (Lipinski definition) is 5. The first kappa shape index (κ1) is 23.2. The summed E-state index contributed by atoms with van der Waals surface area (Å²) >= 11 is 11.6. The first-order chi connectivity index (χ1) is 14.6. The molecule has 2 aromatic rings. The molecule has 166 valence electrons. The van der Waals surface area contributed by atoms with E-state index >= 15 is 0 Å². The van der Waals surface area contributed by atoms with E-state index < -0.39 is 35.2 Å². The molecule has 1 heterocycles. The summed E-state index contributed by atoms with van der Waals surface area (Å²) in [5.74, 6) is -2.40. The summed E-state index contributed by atoms with van der Waals surface area (Å²) in [7, 11) is 0. The zero-order valence-corrected chi connectivity index (χ0v) is 17.4. The number of rotatable bonds is 6. The summed E-state index contributed by atoms with van der Waals surface area (Å²) in [5.41, 5.74) is -0.581. The van der Waals surface area contributed by atoms with Crippen molar-refractivity contribution in [2.24, 2.45) is 0 Å². The van der Waals surface area contributed by atoms with Crippen molar-refractivity contribution in [1.29, 1.82) is 0 Å². The molecule has 1 unspecified atom stereocenters. The Balaban J connectivity index is 1.94. The molecule has 11 heteroatoms. The molecule has 1 aliphatic heterocycles. The van der Waals surface area contributed by atoms with Crippen molar-refractivity contribution in [3.05, 3.63) is 57.1 Å². The highest BCUT2D eigenvalue weighted by Crippen LogP contribution is 2.36. The summed E-state index contributed by atoms with van der Waals surface area (Å²) in [6, 6.07) is 5.60. The molecule has 1 saturated heterocycles. The minimum atomic E-state index is -5.08. The number of phenolic OH excluding ortho intramolecular Hbond substituents is 1. The fraction of sp³-hybridized carbons (Fsp3) is 0.300. The number of para-hydroxylation sites is 1. The number of ether oxygens (including phenoxy) is 1. The Hall–Kier alpha value is -2.49. The third-order valence-electron chi connectivity index (χ3n) is 4.67. The van der Waals surface area contributed by atoms with Crippen LogP contribution >= 0.6 is 23.2 Å². The van der Waals surface area contributed by atoms with E-state index in [4.69, 9.17) is 23.2 Å². The zero-order valence-electron chi connectivity index (χ0n) is 15.9. The van der Waals surface area contributed by atoms with E-state index in [-0.39, 0.29) is 33.6 Å². The molecule has 0 spiro atoms. The van der Waals surface area contributed by atoms with Gasteiger partial charge in [-0.25, -0.2) is 0 Å². The maximum absolute atomic E-state index is 13.1. The Bertz CT molecular complexity index is 985. The van der Waals surface area contributed by atoms with Crippen molar-refractivity contribution in [2.45, 2.75) is 31.8 Å². The van der Waals surface area contributed by atoms with Gasteiger partial charge in [-0.3, -0.25) is 9.59 Å². The van der Waals surface area contributed by atoms with Crippen LogP contribution in [0.25, 0.3) is 0 Å². The van der Waals surface area contributed by atoms with Gasteiger partial charge in [-0.2, -0.15) is 0 Å². The predicted molar refractivity (Wildman–Crippen MR) is 108 cm³/mol. The van der Waals surface area contributed by atoms with Gasteiger partial charge in [0.15, 0.2) is 11.5 Å². The maximum Gasteiger partial charge on any atom is 0.573 e. The molecular weight excluding hydrogens is 460 g/mol. The van der Waals surface area contributed by atoms with Gasteiger partial charge in [-0.15, -0.1) is 13.2 Å². The van der Waals surface area contributed by atoms with Gasteiger partial charge in [-0.05, 0) is 37.6 Å². The highest BCUT2D eigenvalue weighted by Gasteiger charge is 2.35. The van der Waals surface area contributed by atoms with Gasteiger partial charge in [0.1, 0.15) is 5.75 Å². The first-order valence-corrected chi connectivity index (χ1v) is 9.94. The Morgan fingerprint density at radius 3 is 2.48 bits per heavy atom. The number of halogens is 5. The van der Waals surface area contributed by atoms with Crippen LogP contribution in [0.5, 0.6) is 11.5 Å². The standard InChI is InChI=1S/C20H17Cl2F3N2O4/c21-13-7-11(8-14(22)17(13)29)16(28)12-4-1-3-10(18(12)31-20(23,24)25)9-27-19(30)15-5-2-6-26-15/h1,3-4,7-8,15,26,29H,2,5-6,9H2,(H,27,30). The molecular formula is C20H17Cl2F3N2O4. The van der Waals surface area contributed by atoms with Gasteiger partial charge in [0.25, 0.3) is 0 Å². The van der Waals surface area contributed by atoms with E-state index in [1.54, 1.807) is 0 Å². The zero-order chi connectivity index (χ0) is 22.8. The summed E-state index contributed by atoms with van der Waals surface area (Å²) in [6.07, 6.45) is -3.63. The predicted octanol–water partition coefficient (Wildman–Crippen LogP) is 4.20. The summed E-state index contributed by atoms with van der Waals surface area (Å²) in [5, 5.41) is 14.7. The van der Waals surface area contributed by atoms with Crippen LogP contribution in [-0.4, -0.2) is 35.7 Å². The third-order valence-corrected chi connectivity index (χ3v) is 5.24. The van der Waals surface area contributed by atoms with Crippen LogP contribution in [-0.2, 0) is 11.3 Å². The molecule has 6 nitrogen and oxygen atoms in total. The topological polar surface area (TPSA) is 87.7 Å². The van der Waals surface area contributed by atoms with Crippen molar-refractivity contribution in [1.82, 2.24) is 10.6 Å². The number of aromatic hydroxyl groups is 1. The van der Waals surface area contributed by atoms with E-state index in [1.165, 1.54) is 12.1 Å². The van der Waals surface area contributed by atoms with Crippen molar-refractivity contribution in [3.63, 3.8) is 0 Å². The van der Waals surface area contributed by atoms with E-state index in [9.17, 15) is 27.9 Å². The number of hydrogen-bond donors (Lipinski definition) is 3. The Labute approximate surface area is 185 Å². The average Bonchev–Trinajstić information content (AvgIpc) is 3.24. The van der Waals surface area contributed by atoms with Crippen molar-refractivity contribution < 1.29 is 32.6 Å². The van der Waals surface area contributed by atoms with Gasteiger partial charge in [0.2, 0.25) is 5.91 Å². The fourth-order valence-electron chi connectivity index (χ4n) is 3.21. The lowest BCUT2D eigenvalue weighted by atomic mass is 9.99. The Morgan fingerprint density at radius 1 is 1.23 bits per heavy atom. The van der Waals surface area contributed by atoms with Crippen molar-refractivity contribution >= 4 is 34.9 Å². The smallest absolute Gasteiger partial charge is 0.505 e. The van der Waals surface area contributed by atoms with Gasteiger partial charge in [0.05, 0.1) is 21.7 Å². The molecule has 1 amide bonds. The molecule has 1 atom stereocenters. The fourth-order valence-corrected chi connectivity index (χ4v) is 3.69. The largest absolute Gasteiger partial charge is 0.573 e. The lowest BCUT2D eigenvalue weighted by Crippen LogP contribution is -2.40. The molecule has 0 radical (unpaired) electrons. The van der Waals surface area contributed by atoms with E-state index in [0.29, 0.717) is 13.0 Å². The molecule has 0 aromatic heterocycles. The quantitative estimate of drug-likeness (QED) is 0.544. The number of ketones is 1. The van der Waals surface area contributed by atoms with Gasteiger partial charge >= 0.3 is 6.36 Å². The first-order valence-electron chi connectivity index (χ1n) is 9.18. The molecule has 0 saturated carbocycles. The van der Waals surface area contributed by atoms with Crippen molar-refractivity contribution in [2.75, 3.05) is 6.54 Å². The van der Waals surface area contributed by atoms with E-state index in [1.807, 2.05) is 0 Å². The molecule has 2 aromatic carbocycles. The number of carbonyl (C=O) groups is 2. The molecule has 3 rings (SSSR count). The number of carbonyl (C=O) groups excluding carboxylic acids is 2. The lowest BCUT2D eigenvalue weighted by molar-refractivity contribution is -0.275. The second kappa shape index (κ2) is 9.33.